The van der Waals surface area contributed by atoms with E-state index in [9.17, 15) is 22.8 Å². The van der Waals surface area contributed by atoms with Gasteiger partial charge in [-0.25, -0.2) is 19.9 Å². The molecule has 0 bridgehead atoms. The van der Waals surface area contributed by atoms with Gasteiger partial charge < -0.3 is 11.1 Å². The molecule has 0 aliphatic heterocycles. The molecule has 0 radical (unpaired) electrons. The lowest BCUT2D eigenvalue weighted by Crippen LogP contribution is -2.14. The van der Waals surface area contributed by atoms with E-state index in [1.165, 1.54) is 6.33 Å². The van der Waals surface area contributed by atoms with E-state index in [0.717, 1.165) is 11.8 Å². The average molecular weight is 480 g/mol. The number of primary amides is 1. The topological polar surface area (TPSA) is 124 Å². The fraction of sp³-hybridized carbons (Fsp3) is 0.167. The molecule has 2 aromatic heterocycles. The molecular weight excluding hydrogens is 461 g/mol. The Morgan fingerprint density at radius 3 is 2.49 bits per heavy atom. The Labute approximate surface area is 197 Å². The Morgan fingerprint density at radius 2 is 1.80 bits per heavy atom. The molecule has 2 heterocycles. The number of amides is 1. The summed E-state index contributed by atoms with van der Waals surface area (Å²) in [5, 5.41) is 3.91. The zero-order chi connectivity index (χ0) is 25.2. The van der Waals surface area contributed by atoms with Crippen LogP contribution < -0.4 is 11.1 Å². The number of hydrogen-bond donors (Lipinski definition) is 2. The van der Waals surface area contributed by atoms with Crippen LogP contribution in [0.5, 0.6) is 0 Å². The van der Waals surface area contributed by atoms with Crippen LogP contribution in [0.4, 0.5) is 19.0 Å². The van der Waals surface area contributed by atoms with Crippen molar-refractivity contribution >= 4 is 28.4 Å². The third kappa shape index (κ3) is 5.24. The average Bonchev–Trinajstić information content (AvgIpc) is 2.83. The van der Waals surface area contributed by atoms with Crippen molar-refractivity contribution < 1.29 is 22.8 Å². The molecule has 0 fully saturated rings. The predicted molar refractivity (Wildman–Crippen MR) is 122 cm³/mol. The standard InChI is InChI=1S/C24H19F3N6O2/c1-13(33-23-17-7-3-6-16(22(28)35)21(17)31-12-32-23)15-5-2-4-14(8-15)9-19(34)18-10-30-20(11-29-18)24(25,26)27/h2-8,10-13H,9H2,1H3,(H2,28,35)(H,31,32,33)/t13-/m1/s1. The van der Waals surface area contributed by atoms with Crippen LogP contribution in [0.2, 0.25) is 0 Å². The van der Waals surface area contributed by atoms with E-state index in [2.05, 4.69) is 25.3 Å². The highest BCUT2D eigenvalue weighted by molar-refractivity contribution is 6.06. The number of ketones is 1. The molecule has 1 atom stereocenters. The van der Waals surface area contributed by atoms with Gasteiger partial charge in [-0.3, -0.25) is 9.59 Å². The molecule has 178 valence electrons. The third-order valence-corrected chi connectivity index (χ3v) is 5.33. The summed E-state index contributed by atoms with van der Waals surface area (Å²) in [5.41, 5.74) is 6.35. The molecule has 35 heavy (non-hydrogen) atoms. The first kappa shape index (κ1) is 23.7. The summed E-state index contributed by atoms with van der Waals surface area (Å²) >= 11 is 0. The lowest BCUT2D eigenvalue weighted by Gasteiger charge is -2.17. The van der Waals surface area contributed by atoms with Gasteiger partial charge in [-0.2, -0.15) is 13.2 Å². The van der Waals surface area contributed by atoms with Gasteiger partial charge in [-0.05, 0) is 30.2 Å². The second kappa shape index (κ2) is 9.45. The fourth-order valence-corrected chi connectivity index (χ4v) is 3.56. The van der Waals surface area contributed by atoms with Crippen molar-refractivity contribution in [1.29, 1.82) is 0 Å². The number of benzene rings is 2. The zero-order valence-corrected chi connectivity index (χ0v) is 18.4. The number of nitrogens with two attached hydrogens (primary N) is 1. The Morgan fingerprint density at radius 1 is 1.03 bits per heavy atom. The number of rotatable bonds is 7. The van der Waals surface area contributed by atoms with Gasteiger partial charge in [0.05, 0.1) is 23.5 Å². The highest BCUT2D eigenvalue weighted by atomic mass is 19.4. The molecule has 0 unspecified atom stereocenters. The molecule has 4 aromatic rings. The van der Waals surface area contributed by atoms with E-state index in [-0.39, 0.29) is 23.7 Å². The highest BCUT2D eigenvalue weighted by Gasteiger charge is 2.33. The van der Waals surface area contributed by atoms with Gasteiger partial charge in [0.2, 0.25) is 0 Å². The number of halogens is 3. The molecule has 0 spiro atoms. The molecule has 2 aromatic carbocycles. The van der Waals surface area contributed by atoms with Crippen molar-refractivity contribution in [2.24, 2.45) is 5.73 Å². The number of nitrogens with zero attached hydrogens (tertiary/aromatic N) is 4. The van der Waals surface area contributed by atoms with Gasteiger partial charge in [0.1, 0.15) is 17.8 Å². The summed E-state index contributed by atoms with van der Waals surface area (Å²) in [5.74, 6) is -0.541. The molecule has 0 saturated heterocycles. The number of nitrogens with one attached hydrogen (secondary N) is 1. The first-order chi connectivity index (χ1) is 16.6. The van der Waals surface area contributed by atoms with Crippen LogP contribution in [0, 0.1) is 0 Å². The van der Waals surface area contributed by atoms with Crippen LogP contribution in [0.15, 0.2) is 61.2 Å². The number of hydrogen-bond acceptors (Lipinski definition) is 7. The summed E-state index contributed by atoms with van der Waals surface area (Å²) in [6, 6.07) is 12.0. The van der Waals surface area contributed by atoms with E-state index < -0.39 is 23.6 Å². The zero-order valence-electron chi connectivity index (χ0n) is 18.4. The van der Waals surface area contributed by atoms with Crippen molar-refractivity contribution in [2.45, 2.75) is 25.6 Å². The number of fused-ring (bicyclic) bond motifs is 1. The Kier molecular flexibility index (Phi) is 6.41. The number of alkyl halides is 3. The van der Waals surface area contributed by atoms with E-state index in [4.69, 9.17) is 5.73 Å². The highest BCUT2D eigenvalue weighted by Crippen LogP contribution is 2.27. The van der Waals surface area contributed by atoms with Crippen molar-refractivity contribution in [1.82, 2.24) is 19.9 Å². The van der Waals surface area contributed by atoms with Crippen molar-refractivity contribution in [3.8, 4) is 0 Å². The summed E-state index contributed by atoms with van der Waals surface area (Å²) in [4.78, 5) is 39.6. The van der Waals surface area contributed by atoms with Crippen LogP contribution in [0.1, 0.15) is 50.6 Å². The van der Waals surface area contributed by atoms with Gasteiger partial charge in [-0.15, -0.1) is 0 Å². The maximum atomic E-state index is 12.7. The van der Waals surface area contributed by atoms with E-state index in [1.54, 1.807) is 30.3 Å². The minimum Gasteiger partial charge on any atom is -0.366 e. The molecular formula is C24H19F3N6O2. The van der Waals surface area contributed by atoms with Gasteiger partial charge >= 0.3 is 6.18 Å². The van der Waals surface area contributed by atoms with Crippen LogP contribution in [0.3, 0.4) is 0 Å². The van der Waals surface area contributed by atoms with Gasteiger partial charge in [-0.1, -0.05) is 30.3 Å². The maximum Gasteiger partial charge on any atom is 0.434 e. The number of carbonyl (C=O) groups excluding carboxylic acids is 2. The Hall–Kier alpha value is -4.41. The van der Waals surface area contributed by atoms with Gasteiger partial charge in [0.15, 0.2) is 11.5 Å². The smallest absolute Gasteiger partial charge is 0.366 e. The number of Topliss-reactive ketones (excluding diaryl/α,β-unsaturated/α-hetero) is 1. The SMILES string of the molecule is C[C@@H](Nc1ncnc2c(C(N)=O)cccc12)c1cccc(CC(=O)c2cnc(C(F)(F)F)cn2)c1. The monoisotopic (exact) mass is 480 g/mol. The predicted octanol–water partition coefficient (Wildman–Crippen LogP) is 4.14. The third-order valence-electron chi connectivity index (χ3n) is 5.33. The number of para-hydroxylation sites is 1. The molecule has 0 aliphatic carbocycles. The second-order valence-corrected chi connectivity index (χ2v) is 7.78. The van der Waals surface area contributed by atoms with E-state index in [0.29, 0.717) is 28.5 Å². The van der Waals surface area contributed by atoms with Crippen molar-refractivity contribution in [3.05, 3.63) is 89.3 Å². The largest absolute Gasteiger partial charge is 0.434 e. The van der Waals surface area contributed by atoms with E-state index in [1.807, 2.05) is 19.1 Å². The minimum absolute atomic E-state index is 0.0565. The Bertz CT molecular complexity index is 1410. The molecule has 4 rings (SSSR count). The van der Waals surface area contributed by atoms with Crippen LogP contribution in [-0.4, -0.2) is 31.6 Å². The Balaban J connectivity index is 1.52. The minimum atomic E-state index is -4.62. The lowest BCUT2D eigenvalue weighted by atomic mass is 10.0. The maximum absolute atomic E-state index is 12.7. The number of carbonyl (C=O) groups is 2. The fourth-order valence-electron chi connectivity index (χ4n) is 3.56. The second-order valence-electron chi connectivity index (χ2n) is 7.78. The van der Waals surface area contributed by atoms with Gasteiger partial charge in [0, 0.05) is 17.8 Å². The first-order valence-electron chi connectivity index (χ1n) is 10.4. The first-order valence-corrected chi connectivity index (χ1v) is 10.4. The van der Waals surface area contributed by atoms with Crippen LogP contribution >= 0.6 is 0 Å². The van der Waals surface area contributed by atoms with E-state index >= 15 is 0 Å². The summed E-state index contributed by atoms with van der Waals surface area (Å²) < 4.78 is 38.0. The van der Waals surface area contributed by atoms with Crippen molar-refractivity contribution in [3.63, 3.8) is 0 Å². The summed E-state index contributed by atoms with van der Waals surface area (Å²) in [7, 11) is 0. The summed E-state index contributed by atoms with van der Waals surface area (Å²) in [6.07, 6.45) is -1.96. The summed E-state index contributed by atoms with van der Waals surface area (Å²) in [6.45, 7) is 1.90. The lowest BCUT2D eigenvalue weighted by molar-refractivity contribution is -0.141. The van der Waals surface area contributed by atoms with Crippen LogP contribution in [-0.2, 0) is 12.6 Å². The molecule has 1 amide bonds. The molecule has 0 saturated carbocycles. The number of aromatic nitrogens is 4. The molecule has 0 aliphatic rings. The van der Waals surface area contributed by atoms with Crippen molar-refractivity contribution in [2.75, 3.05) is 5.32 Å². The normalized spacial score (nSPS) is 12.3. The quantitative estimate of drug-likeness (QED) is 0.381. The van der Waals surface area contributed by atoms with Crippen LogP contribution in [0.25, 0.3) is 10.9 Å². The molecule has 3 N–H and O–H groups in total. The number of anilines is 1. The molecule has 8 nitrogen and oxygen atoms in total. The molecule has 11 heteroatoms. The van der Waals surface area contributed by atoms with Gasteiger partial charge in [0.25, 0.3) is 5.91 Å².